The number of aryl methyl sites for hydroxylation is 1. The molecule has 1 atom stereocenters. The molecular weight excluding hydrogens is 476 g/mol. The molecule has 3 heterocycles. The van der Waals surface area contributed by atoms with E-state index < -0.39 is 0 Å². The summed E-state index contributed by atoms with van der Waals surface area (Å²) in [5.41, 5.74) is 5.67. The van der Waals surface area contributed by atoms with Gasteiger partial charge in [0, 0.05) is 60.6 Å². The molecule has 1 unspecified atom stereocenters. The standard InChI is InChI=1S/C28H31ClN4O3/c1-3-14-36-28(35)33-12-10-32(11-13-33)27(34)20-6-8-22-25(16-20)31-24-15-19(5-7-21(24)26(22)29)23-9-4-18(2)17-30-23/h4,6,8-9,16-17,19H,3,5,7,10-15H2,1-2H3. The lowest BCUT2D eigenvalue weighted by Gasteiger charge is -2.34. The van der Waals surface area contributed by atoms with Crippen LogP contribution in [0.5, 0.6) is 0 Å². The minimum Gasteiger partial charge on any atom is -0.449 e. The fourth-order valence-electron chi connectivity index (χ4n) is 5.05. The molecule has 188 valence electrons. The van der Waals surface area contributed by atoms with Gasteiger partial charge in [-0.05, 0) is 61.9 Å². The fourth-order valence-corrected chi connectivity index (χ4v) is 5.41. The summed E-state index contributed by atoms with van der Waals surface area (Å²) in [6.45, 7) is 6.30. The molecule has 5 rings (SSSR count). The zero-order valence-electron chi connectivity index (χ0n) is 20.8. The summed E-state index contributed by atoms with van der Waals surface area (Å²) in [4.78, 5) is 38.4. The van der Waals surface area contributed by atoms with Gasteiger partial charge in [0.15, 0.2) is 0 Å². The molecule has 0 N–H and O–H groups in total. The maximum atomic E-state index is 13.3. The Morgan fingerprint density at radius 2 is 1.89 bits per heavy atom. The number of aromatic nitrogens is 2. The summed E-state index contributed by atoms with van der Waals surface area (Å²) >= 11 is 6.84. The van der Waals surface area contributed by atoms with Crippen LogP contribution in [0.4, 0.5) is 4.79 Å². The molecular formula is C28H31ClN4O3. The van der Waals surface area contributed by atoms with Crippen molar-refractivity contribution in [2.45, 2.75) is 45.4 Å². The average Bonchev–Trinajstić information content (AvgIpc) is 2.91. The molecule has 1 saturated heterocycles. The van der Waals surface area contributed by atoms with E-state index in [1.807, 2.05) is 38.2 Å². The third-order valence-corrected chi connectivity index (χ3v) is 7.57. The Morgan fingerprint density at radius 1 is 1.11 bits per heavy atom. The monoisotopic (exact) mass is 506 g/mol. The number of carbonyl (C=O) groups excluding carboxylic acids is 2. The zero-order chi connectivity index (χ0) is 25.2. The molecule has 0 bridgehead atoms. The first-order valence-electron chi connectivity index (χ1n) is 12.7. The molecule has 3 aromatic rings. The van der Waals surface area contributed by atoms with Crippen molar-refractivity contribution >= 4 is 34.5 Å². The summed E-state index contributed by atoms with van der Waals surface area (Å²) in [6.07, 6.45) is 5.04. The van der Waals surface area contributed by atoms with Crippen LogP contribution in [-0.2, 0) is 17.6 Å². The lowest BCUT2D eigenvalue weighted by Crippen LogP contribution is -2.50. The van der Waals surface area contributed by atoms with Crippen molar-refractivity contribution in [2.24, 2.45) is 0 Å². The Hall–Kier alpha value is -3.19. The van der Waals surface area contributed by atoms with Crippen LogP contribution in [0.2, 0.25) is 5.02 Å². The SMILES string of the molecule is CCCOC(=O)N1CCN(C(=O)c2ccc3c(Cl)c4c(nc3c2)CC(c2ccc(C)cn2)CC4)CC1. The minimum atomic E-state index is -0.308. The maximum Gasteiger partial charge on any atom is 0.409 e. The molecule has 1 aromatic carbocycles. The van der Waals surface area contributed by atoms with E-state index in [0.29, 0.717) is 44.3 Å². The molecule has 1 fully saturated rings. The molecule has 36 heavy (non-hydrogen) atoms. The van der Waals surface area contributed by atoms with Crippen LogP contribution >= 0.6 is 11.6 Å². The number of carbonyl (C=O) groups is 2. The Kier molecular flexibility index (Phi) is 7.10. The Bertz CT molecular complexity index is 1290. The Balaban J connectivity index is 1.33. The summed E-state index contributed by atoms with van der Waals surface area (Å²) in [7, 11) is 0. The number of rotatable bonds is 4. The number of piperazine rings is 1. The smallest absolute Gasteiger partial charge is 0.409 e. The quantitative estimate of drug-likeness (QED) is 0.488. The Morgan fingerprint density at radius 3 is 2.61 bits per heavy atom. The molecule has 0 spiro atoms. The van der Waals surface area contributed by atoms with Crippen LogP contribution in [0.3, 0.4) is 0 Å². The number of amides is 2. The summed E-state index contributed by atoms with van der Waals surface area (Å²) in [5, 5.41) is 1.62. The van der Waals surface area contributed by atoms with Crippen LogP contribution in [-0.4, -0.2) is 64.6 Å². The fraction of sp³-hybridized carbons (Fsp3) is 0.429. The first-order chi connectivity index (χ1) is 17.4. The van der Waals surface area contributed by atoms with Gasteiger partial charge in [0.05, 0.1) is 17.1 Å². The lowest BCUT2D eigenvalue weighted by molar-refractivity contribution is 0.0560. The predicted octanol–water partition coefficient (Wildman–Crippen LogP) is 5.17. The van der Waals surface area contributed by atoms with E-state index in [-0.39, 0.29) is 12.0 Å². The van der Waals surface area contributed by atoms with E-state index in [1.165, 1.54) is 0 Å². The van der Waals surface area contributed by atoms with E-state index in [0.717, 1.165) is 64.1 Å². The summed E-state index contributed by atoms with van der Waals surface area (Å²) < 4.78 is 5.22. The predicted molar refractivity (Wildman–Crippen MR) is 140 cm³/mol. The van der Waals surface area contributed by atoms with Gasteiger partial charge in [0.2, 0.25) is 0 Å². The van der Waals surface area contributed by atoms with Crippen molar-refractivity contribution in [1.82, 2.24) is 19.8 Å². The third kappa shape index (κ3) is 4.89. The molecule has 2 amide bonds. The van der Waals surface area contributed by atoms with Crippen LogP contribution in [0, 0.1) is 6.92 Å². The first-order valence-corrected chi connectivity index (χ1v) is 13.1. The van der Waals surface area contributed by atoms with Gasteiger partial charge in [-0.1, -0.05) is 30.7 Å². The number of fused-ring (bicyclic) bond motifs is 2. The molecule has 0 saturated carbocycles. The highest BCUT2D eigenvalue weighted by Gasteiger charge is 2.28. The number of hydrogen-bond donors (Lipinski definition) is 0. The second kappa shape index (κ2) is 10.4. The number of nitrogens with zero attached hydrogens (tertiary/aromatic N) is 4. The van der Waals surface area contributed by atoms with Gasteiger partial charge < -0.3 is 14.5 Å². The molecule has 2 aliphatic rings. The van der Waals surface area contributed by atoms with Gasteiger partial charge in [0.25, 0.3) is 5.91 Å². The maximum absolute atomic E-state index is 13.3. The van der Waals surface area contributed by atoms with Crippen molar-refractivity contribution in [3.05, 3.63) is 69.6 Å². The Labute approximate surface area is 216 Å². The summed E-state index contributed by atoms with van der Waals surface area (Å²) in [5.74, 6) is 0.250. The van der Waals surface area contributed by atoms with Gasteiger partial charge in [-0.25, -0.2) is 4.79 Å². The van der Waals surface area contributed by atoms with Crippen molar-refractivity contribution < 1.29 is 14.3 Å². The van der Waals surface area contributed by atoms with Crippen LogP contribution in [0.1, 0.15) is 58.6 Å². The van der Waals surface area contributed by atoms with Crippen molar-refractivity contribution in [3.8, 4) is 0 Å². The number of halogens is 1. The number of benzene rings is 1. The number of ether oxygens (including phenoxy) is 1. The van der Waals surface area contributed by atoms with Gasteiger partial charge >= 0.3 is 6.09 Å². The molecule has 7 nitrogen and oxygen atoms in total. The normalized spacial score (nSPS) is 17.7. The van der Waals surface area contributed by atoms with E-state index in [4.69, 9.17) is 21.3 Å². The van der Waals surface area contributed by atoms with Crippen LogP contribution < -0.4 is 0 Å². The van der Waals surface area contributed by atoms with Crippen LogP contribution in [0.25, 0.3) is 10.9 Å². The van der Waals surface area contributed by atoms with Gasteiger partial charge in [0.1, 0.15) is 0 Å². The second-order valence-electron chi connectivity index (χ2n) is 9.68. The number of pyridine rings is 2. The largest absolute Gasteiger partial charge is 0.449 e. The average molecular weight is 507 g/mol. The molecule has 8 heteroatoms. The minimum absolute atomic E-state index is 0.0594. The highest BCUT2D eigenvalue weighted by molar-refractivity contribution is 6.36. The van der Waals surface area contributed by atoms with E-state index in [9.17, 15) is 9.59 Å². The highest BCUT2D eigenvalue weighted by Crippen LogP contribution is 2.37. The molecule has 2 aromatic heterocycles. The van der Waals surface area contributed by atoms with Crippen LogP contribution in [0.15, 0.2) is 36.5 Å². The molecule has 0 radical (unpaired) electrons. The molecule has 1 aliphatic heterocycles. The van der Waals surface area contributed by atoms with Gasteiger partial charge in [-0.15, -0.1) is 0 Å². The van der Waals surface area contributed by atoms with E-state index >= 15 is 0 Å². The van der Waals surface area contributed by atoms with Gasteiger partial charge in [-0.2, -0.15) is 0 Å². The second-order valence-corrected chi connectivity index (χ2v) is 10.1. The lowest BCUT2D eigenvalue weighted by atomic mass is 9.84. The van der Waals surface area contributed by atoms with E-state index in [2.05, 4.69) is 17.1 Å². The topological polar surface area (TPSA) is 75.6 Å². The third-order valence-electron chi connectivity index (χ3n) is 7.14. The molecule has 1 aliphatic carbocycles. The van der Waals surface area contributed by atoms with Crippen molar-refractivity contribution in [3.63, 3.8) is 0 Å². The van der Waals surface area contributed by atoms with E-state index in [1.54, 1.807) is 9.80 Å². The summed E-state index contributed by atoms with van der Waals surface area (Å²) in [6, 6.07) is 9.79. The number of hydrogen-bond acceptors (Lipinski definition) is 5. The highest BCUT2D eigenvalue weighted by atomic mass is 35.5. The zero-order valence-corrected chi connectivity index (χ0v) is 21.6. The van der Waals surface area contributed by atoms with Crippen molar-refractivity contribution in [2.75, 3.05) is 32.8 Å². The van der Waals surface area contributed by atoms with Crippen molar-refractivity contribution in [1.29, 1.82) is 0 Å². The first kappa shape index (κ1) is 24.5. The van der Waals surface area contributed by atoms with Gasteiger partial charge in [-0.3, -0.25) is 14.8 Å².